The van der Waals surface area contributed by atoms with Crippen molar-refractivity contribution < 1.29 is 14.3 Å². The van der Waals surface area contributed by atoms with E-state index in [0.29, 0.717) is 22.8 Å². The minimum atomic E-state index is -0.380. The average Bonchev–Trinajstić information content (AvgIpc) is 2.65. The first-order valence-electron chi connectivity index (χ1n) is 6.31. The number of rotatable bonds is 3. The first-order valence-corrected chi connectivity index (χ1v) is 6.68. The number of amides is 2. The molecule has 1 heterocycles. The molecule has 6 heteroatoms. The van der Waals surface area contributed by atoms with Crippen LogP contribution in [0.5, 0.6) is 0 Å². The second-order valence-corrected chi connectivity index (χ2v) is 6.07. The monoisotopic (exact) mass is 296 g/mol. The van der Waals surface area contributed by atoms with E-state index in [-0.39, 0.29) is 24.0 Å². The summed E-state index contributed by atoms with van der Waals surface area (Å²) >= 11 is 6.08. The predicted octanol–water partition coefficient (Wildman–Crippen LogP) is 2.59. The highest BCUT2D eigenvalue weighted by molar-refractivity contribution is 6.34. The van der Waals surface area contributed by atoms with Gasteiger partial charge in [0, 0.05) is 5.69 Å². The Balaban J connectivity index is 2.05. The molecule has 2 N–H and O–H groups in total. The molecule has 2 amide bonds. The molecule has 0 fully saturated rings. The van der Waals surface area contributed by atoms with Crippen molar-refractivity contribution in [2.45, 2.75) is 32.8 Å². The second-order valence-electron chi connectivity index (χ2n) is 5.66. The summed E-state index contributed by atoms with van der Waals surface area (Å²) in [5, 5.41) is 5.78. The molecule has 0 radical (unpaired) electrons. The predicted molar refractivity (Wildman–Crippen MR) is 78.1 cm³/mol. The molecule has 2 rings (SSSR count). The Labute approximate surface area is 122 Å². The molecule has 1 aromatic carbocycles. The van der Waals surface area contributed by atoms with Crippen LogP contribution in [0.25, 0.3) is 0 Å². The topological polar surface area (TPSA) is 67.4 Å². The fourth-order valence-electron chi connectivity index (χ4n) is 1.81. The minimum Gasteiger partial charge on any atom is -0.366 e. The molecular weight excluding hydrogens is 280 g/mol. The van der Waals surface area contributed by atoms with Crippen molar-refractivity contribution in [3.05, 3.63) is 22.7 Å². The first kappa shape index (κ1) is 14.8. The van der Waals surface area contributed by atoms with Gasteiger partial charge in [0.15, 0.2) is 0 Å². The third kappa shape index (κ3) is 3.71. The van der Waals surface area contributed by atoms with Crippen molar-refractivity contribution >= 4 is 34.8 Å². The van der Waals surface area contributed by atoms with E-state index in [4.69, 9.17) is 16.3 Å². The number of hydrogen-bond donors (Lipinski definition) is 2. The summed E-state index contributed by atoms with van der Waals surface area (Å²) in [5.41, 5.74) is 1.63. The lowest BCUT2D eigenvalue weighted by atomic mass is 10.1. The third-order valence-corrected chi connectivity index (χ3v) is 3.04. The average molecular weight is 297 g/mol. The molecule has 5 nitrogen and oxygen atoms in total. The number of hydrogen-bond acceptors (Lipinski definition) is 3. The highest BCUT2D eigenvalue weighted by atomic mass is 35.5. The van der Waals surface area contributed by atoms with Gasteiger partial charge in [-0.25, -0.2) is 0 Å². The van der Waals surface area contributed by atoms with Crippen molar-refractivity contribution in [1.82, 2.24) is 0 Å². The van der Waals surface area contributed by atoms with Crippen LogP contribution in [0.2, 0.25) is 5.02 Å². The Kier molecular flexibility index (Phi) is 4.01. The van der Waals surface area contributed by atoms with Gasteiger partial charge in [0.05, 0.1) is 22.7 Å². The van der Waals surface area contributed by atoms with E-state index in [2.05, 4.69) is 10.6 Å². The zero-order valence-electron chi connectivity index (χ0n) is 11.7. The lowest BCUT2D eigenvalue weighted by Crippen LogP contribution is -2.27. The van der Waals surface area contributed by atoms with Crippen LogP contribution in [-0.4, -0.2) is 24.0 Å². The third-order valence-electron chi connectivity index (χ3n) is 2.73. The van der Waals surface area contributed by atoms with Crippen LogP contribution in [0, 0.1) is 0 Å². The van der Waals surface area contributed by atoms with Gasteiger partial charge in [0.25, 0.3) is 0 Å². The Bertz CT molecular complexity index is 564. The lowest BCUT2D eigenvalue weighted by Gasteiger charge is -2.19. The number of carbonyl (C=O) groups is 2. The second kappa shape index (κ2) is 5.42. The normalized spacial score (nSPS) is 13.9. The van der Waals surface area contributed by atoms with Crippen LogP contribution in [0.4, 0.5) is 11.4 Å². The van der Waals surface area contributed by atoms with E-state index in [1.807, 2.05) is 20.8 Å². The van der Waals surface area contributed by atoms with E-state index >= 15 is 0 Å². The number of halogens is 1. The molecule has 108 valence electrons. The highest BCUT2D eigenvalue weighted by Gasteiger charge is 2.20. The van der Waals surface area contributed by atoms with Gasteiger partial charge in [0.2, 0.25) is 11.8 Å². The number of fused-ring (bicyclic) bond motifs is 1. The molecule has 1 aromatic rings. The zero-order chi connectivity index (χ0) is 14.9. The largest absolute Gasteiger partial charge is 0.366 e. The Morgan fingerprint density at radius 3 is 2.80 bits per heavy atom. The van der Waals surface area contributed by atoms with Crippen molar-refractivity contribution in [1.29, 1.82) is 0 Å². The summed E-state index contributed by atoms with van der Waals surface area (Å²) in [5.74, 6) is -0.352. The smallest absolute Gasteiger partial charge is 0.250 e. The fourth-order valence-corrected chi connectivity index (χ4v) is 2.02. The SMILES string of the molecule is CC(C)(C)OCC(=O)Nc1cc2c(cc1Cl)NC(=O)C2. The van der Waals surface area contributed by atoms with Crippen molar-refractivity contribution in [3.63, 3.8) is 0 Å². The van der Waals surface area contributed by atoms with Gasteiger partial charge >= 0.3 is 0 Å². The van der Waals surface area contributed by atoms with Gasteiger partial charge in [-0.05, 0) is 38.5 Å². The van der Waals surface area contributed by atoms with E-state index in [9.17, 15) is 9.59 Å². The zero-order valence-corrected chi connectivity index (χ0v) is 12.4. The van der Waals surface area contributed by atoms with Crippen molar-refractivity contribution in [2.24, 2.45) is 0 Å². The van der Waals surface area contributed by atoms with Crippen LogP contribution in [-0.2, 0) is 20.7 Å². The van der Waals surface area contributed by atoms with Gasteiger partial charge in [-0.3, -0.25) is 9.59 Å². The highest BCUT2D eigenvalue weighted by Crippen LogP contribution is 2.32. The quantitative estimate of drug-likeness (QED) is 0.901. The standard InChI is InChI=1S/C14H17ClN2O3/c1-14(2,3)20-7-13(19)17-11-4-8-5-12(18)16-10(8)6-9(11)15/h4,6H,5,7H2,1-3H3,(H,16,18)(H,17,19). The van der Waals surface area contributed by atoms with Crippen LogP contribution >= 0.6 is 11.6 Å². The first-order chi connectivity index (χ1) is 9.24. The molecule has 1 aliphatic heterocycles. The van der Waals surface area contributed by atoms with Gasteiger partial charge in [-0.15, -0.1) is 0 Å². The summed E-state index contributed by atoms with van der Waals surface area (Å²) in [6.07, 6.45) is 0.299. The van der Waals surface area contributed by atoms with E-state index in [0.717, 1.165) is 5.56 Å². The molecule has 0 atom stereocenters. The Hall–Kier alpha value is -1.59. The molecule has 0 aliphatic carbocycles. The Morgan fingerprint density at radius 1 is 1.45 bits per heavy atom. The Morgan fingerprint density at radius 2 is 2.15 bits per heavy atom. The van der Waals surface area contributed by atoms with Gasteiger partial charge in [-0.1, -0.05) is 11.6 Å². The van der Waals surface area contributed by atoms with Gasteiger partial charge in [0.1, 0.15) is 6.61 Å². The fraction of sp³-hybridized carbons (Fsp3) is 0.429. The van der Waals surface area contributed by atoms with E-state index in [1.165, 1.54) is 0 Å². The number of carbonyl (C=O) groups excluding carboxylic acids is 2. The van der Waals surface area contributed by atoms with Crippen molar-refractivity contribution in [3.8, 4) is 0 Å². The van der Waals surface area contributed by atoms with E-state index < -0.39 is 0 Å². The molecule has 0 saturated carbocycles. The molecule has 0 aromatic heterocycles. The lowest BCUT2D eigenvalue weighted by molar-refractivity contribution is -0.125. The summed E-state index contributed by atoms with van der Waals surface area (Å²) in [6, 6.07) is 3.35. The van der Waals surface area contributed by atoms with Gasteiger partial charge < -0.3 is 15.4 Å². The number of nitrogens with one attached hydrogen (secondary N) is 2. The molecule has 0 unspecified atom stereocenters. The summed E-state index contributed by atoms with van der Waals surface area (Å²) in [6.45, 7) is 5.58. The molecule has 0 spiro atoms. The van der Waals surface area contributed by atoms with Crippen molar-refractivity contribution in [2.75, 3.05) is 17.2 Å². The molecular formula is C14H17ClN2O3. The number of ether oxygens (including phenoxy) is 1. The van der Waals surface area contributed by atoms with Crippen LogP contribution in [0.15, 0.2) is 12.1 Å². The van der Waals surface area contributed by atoms with E-state index in [1.54, 1.807) is 12.1 Å². The van der Waals surface area contributed by atoms with Crippen LogP contribution in [0.1, 0.15) is 26.3 Å². The summed E-state index contributed by atoms with van der Waals surface area (Å²) in [4.78, 5) is 23.1. The number of anilines is 2. The molecule has 1 aliphatic rings. The molecule has 20 heavy (non-hydrogen) atoms. The van der Waals surface area contributed by atoms with Crippen LogP contribution < -0.4 is 10.6 Å². The summed E-state index contributed by atoms with van der Waals surface area (Å²) < 4.78 is 5.39. The van der Waals surface area contributed by atoms with Crippen LogP contribution in [0.3, 0.4) is 0 Å². The molecule has 0 bridgehead atoms. The summed E-state index contributed by atoms with van der Waals surface area (Å²) in [7, 11) is 0. The maximum Gasteiger partial charge on any atom is 0.250 e. The van der Waals surface area contributed by atoms with Gasteiger partial charge in [-0.2, -0.15) is 0 Å². The maximum atomic E-state index is 11.8. The molecule has 0 saturated heterocycles. The minimum absolute atomic E-state index is 0.0475. The number of benzene rings is 1. The maximum absolute atomic E-state index is 11.8.